The molecule has 1 heterocycles. The molecular weight excluding hydrogens is 246 g/mol. The van der Waals surface area contributed by atoms with Crippen molar-refractivity contribution < 1.29 is 4.42 Å². The molecule has 0 aliphatic rings. The molecule has 0 bridgehead atoms. The predicted octanol–water partition coefficient (Wildman–Crippen LogP) is 4.29. The highest BCUT2D eigenvalue weighted by Crippen LogP contribution is 2.27. The predicted molar refractivity (Wildman–Crippen MR) is 82.8 cm³/mol. The first-order valence-corrected chi connectivity index (χ1v) is 6.93. The van der Waals surface area contributed by atoms with Gasteiger partial charge in [-0.3, -0.25) is 0 Å². The van der Waals surface area contributed by atoms with Crippen molar-refractivity contribution >= 4 is 11.0 Å². The summed E-state index contributed by atoms with van der Waals surface area (Å²) in [6.07, 6.45) is 2.61. The zero-order valence-corrected chi connectivity index (χ0v) is 11.9. The van der Waals surface area contributed by atoms with Gasteiger partial charge in [-0.2, -0.15) is 0 Å². The first kappa shape index (κ1) is 12.9. The van der Waals surface area contributed by atoms with E-state index in [1.165, 1.54) is 16.7 Å². The Morgan fingerprint density at radius 1 is 1.05 bits per heavy atom. The molecule has 1 unspecified atom stereocenters. The fourth-order valence-electron chi connectivity index (χ4n) is 2.58. The third kappa shape index (κ3) is 2.35. The Labute approximate surface area is 119 Å². The van der Waals surface area contributed by atoms with Crippen molar-refractivity contribution in [2.24, 2.45) is 5.73 Å². The molecule has 2 N–H and O–H groups in total. The molecule has 0 amide bonds. The number of aryl methyl sites for hydroxylation is 2. The van der Waals surface area contributed by atoms with E-state index in [1.54, 1.807) is 6.26 Å². The second kappa shape index (κ2) is 5.14. The van der Waals surface area contributed by atoms with Crippen molar-refractivity contribution in [1.29, 1.82) is 0 Å². The summed E-state index contributed by atoms with van der Waals surface area (Å²) in [5.74, 6) is 0. The molecule has 0 fully saturated rings. The van der Waals surface area contributed by atoms with Crippen LogP contribution in [0.1, 0.15) is 28.3 Å². The summed E-state index contributed by atoms with van der Waals surface area (Å²) in [5, 5.41) is 1.11. The van der Waals surface area contributed by atoms with Crippen molar-refractivity contribution in [3.63, 3.8) is 0 Å². The Hall–Kier alpha value is -2.06. The molecule has 1 atom stereocenters. The molecule has 2 aromatic carbocycles. The summed E-state index contributed by atoms with van der Waals surface area (Å²) in [7, 11) is 0. The Kier molecular flexibility index (Phi) is 3.33. The second-order valence-corrected chi connectivity index (χ2v) is 5.42. The number of rotatable bonds is 3. The third-order valence-electron chi connectivity index (χ3n) is 3.94. The number of para-hydroxylation sites is 1. The van der Waals surface area contributed by atoms with Crippen LogP contribution in [-0.2, 0) is 6.42 Å². The van der Waals surface area contributed by atoms with Crippen molar-refractivity contribution in [2.45, 2.75) is 26.3 Å². The number of hydrogen-bond acceptors (Lipinski definition) is 2. The van der Waals surface area contributed by atoms with Gasteiger partial charge < -0.3 is 10.2 Å². The van der Waals surface area contributed by atoms with Gasteiger partial charge in [0.2, 0.25) is 0 Å². The van der Waals surface area contributed by atoms with Crippen LogP contribution >= 0.6 is 0 Å². The van der Waals surface area contributed by atoms with Crippen LogP contribution < -0.4 is 5.73 Å². The van der Waals surface area contributed by atoms with Crippen molar-refractivity contribution in [3.05, 3.63) is 71.0 Å². The number of nitrogens with two attached hydrogens (primary N) is 1. The van der Waals surface area contributed by atoms with Crippen LogP contribution in [0.3, 0.4) is 0 Å². The maximum absolute atomic E-state index is 6.37. The van der Waals surface area contributed by atoms with Gasteiger partial charge >= 0.3 is 0 Å². The normalized spacial score (nSPS) is 12.8. The van der Waals surface area contributed by atoms with Gasteiger partial charge in [0.05, 0.1) is 6.26 Å². The van der Waals surface area contributed by atoms with E-state index in [0.29, 0.717) is 0 Å². The Morgan fingerprint density at radius 2 is 1.85 bits per heavy atom. The molecule has 2 heteroatoms. The zero-order chi connectivity index (χ0) is 14.1. The average Bonchev–Trinajstić information content (AvgIpc) is 2.87. The topological polar surface area (TPSA) is 39.2 Å². The van der Waals surface area contributed by atoms with E-state index in [2.05, 4.69) is 38.1 Å². The summed E-state index contributed by atoms with van der Waals surface area (Å²) >= 11 is 0. The SMILES string of the molecule is Cc1ccc(CC(N)c2coc3ccccc23)cc1C. The Morgan fingerprint density at radius 3 is 2.65 bits per heavy atom. The van der Waals surface area contributed by atoms with E-state index >= 15 is 0 Å². The van der Waals surface area contributed by atoms with E-state index in [-0.39, 0.29) is 6.04 Å². The lowest BCUT2D eigenvalue weighted by Gasteiger charge is -2.11. The van der Waals surface area contributed by atoms with Gasteiger partial charge in [0, 0.05) is 17.0 Å². The van der Waals surface area contributed by atoms with Crippen LogP contribution in [0.15, 0.2) is 53.1 Å². The summed E-state index contributed by atoms with van der Waals surface area (Å²) < 4.78 is 5.57. The Bertz CT molecular complexity index is 742. The maximum atomic E-state index is 6.37. The molecule has 2 nitrogen and oxygen atoms in total. The third-order valence-corrected chi connectivity index (χ3v) is 3.94. The van der Waals surface area contributed by atoms with Crippen molar-refractivity contribution in [2.75, 3.05) is 0 Å². The lowest BCUT2D eigenvalue weighted by Crippen LogP contribution is -2.13. The summed E-state index contributed by atoms with van der Waals surface area (Å²) in [6.45, 7) is 4.26. The molecule has 0 saturated heterocycles. The van der Waals surface area contributed by atoms with Crippen molar-refractivity contribution in [3.8, 4) is 0 Å². The monoisotopic (exact) mass is 265 g/mol. The molecule has 3 rings (SSSR count). The van der Waals surface area contributed by atoms with Gasteiger partial charge in [-0.1, -0.05) is 36.4 Å². The van der Waals surface area contributed by atoms with Crippen LogP contribution in [0.2, 0.25) is 0 Å². The first-order chi connectivity index (χ1) is 9.65. The van der Waals surface area contributed by atoms with E-state index in [0.717, 1.165) is 23.0 Å². The lowest BCUT2D eigenvalue weighted by molar-refractivity contribution is 0.599. The minimum absolute atomic E-state index is 0.0410. The van der Waals surface area contributed by atoms with Gasteiger partial charge in [0.15, 0.2) is 0 Å². The standard InChI is InChI=1S/C18H19NO/c1-12-7-8-14(9-13(12)2)10-17(19)16-11-20-18-6-4-3-5-15(16)18/h3-9,11,17H,10,19H2,1-2H3. The van der Waals surface area contributed by atoms with Gasteiger partial charge in [-0.15, -0.1) is 0 Å². The molecule has 3 aromatic rings. The largest absolute Gasteiger partial charge is 0.464 e. The molecule has 0 aliphatic heterocycles. The van der Waals surface area contributed by atoms with Crippen LogP contribution in [-0.4, -0.2) is 0 Å². The fraction of sp³-hybridized carbons (Fsp3) is 0.222. The van der Waals surface area contributed by atoms with Crippen LogP contribution in [0.25, 0.3) is 11.0 Å². The van der Waals surface area contributed by atoms with Crippen molar-refractivity contribution in [1.82, 2.24) is 0 Å². The van der Waals surface area contributed by atoms with E-state index in [9.17, 15) is 0 Å². The Balaban J connectivity index is 1.89. The molecule has 0 aliphatic carbocycles. The highest BCUT2D eigenvalue weighted by atomic mass is 16.3. The maximum Gasteiger partial charge on any atom is 0.134 e. The fourth-order valence-corrected chi connectivity index (χ4v) is 2.58. The number of hydrogen-bond donors (Lipinski definition) is 1. The molecule has 102 valence electrons. The van der Waals surface area contributed by atoms with Gasteiger partial charge in [0.1, 0.15) is 5.58 Å². The molecule has 0 radical (unpaired) electrons. The summed E-state index contributed by atoms with van der Waals surface area (Å²) in [5.41, 5.74) is 12.2. The highest BCUT2D eigenvalue weighted by molar-refractivity contribution is 5.81. The van der Waals surface area contributed by atoms with Crippen LogP contribution in [0, 0.1) is 13.8 Å². The zero-order valence-electron chi connectivity index (χ0n) is 11.9. The summed E-state index contributed by atoms with van der Waals surface area (Å²) in [4.78, 5) is 0. The van der Waals surface area contributed by atoms with Gasteiger partial charge in [-0.05, 0) is 43.0 Å². The van der Waals surface area contributed by atoms with Gasteiger partial charge in [-0.25, -0.2) is 0 Å². The highest BCUT2D eigenvalue weighted by Gasteiger charge is 2.13. The van der Waals surface area contributed by atoms with E-state index in [4.69, 9.17) is 10.2 Å². The lowest BCUT2D eigenvalue weighted by atomic mass is 9.97. The quantitative estimate of drug-likeness (QED) is 0.767. The second-order valence-electron chi connectivity index (χ2n) is 5.42. The smallest absolute Gasteiger partial charge is 0.134 e. The van der Waals surface area contributed by atoms with Gasteiger partial charge in [0.25, 0.3) is 0 Å². The molecule has 0 saturated carbocycles. The summed E-state index contributed by atoms with van der Waals surface area (Å²) in [6, 6.07) is 14.5. The number of fused-ring (bicyclic) bond motifs is 1. The molecule has 20 heavy (non-hydrogen) atoms. The molecule has 0 spiro atoms. The molecular formula is C18H19NO. The van der Waals surface area contributed by atoms with Crippen LogP contribution in [0.4, 0.5) is 0 Å². The van der Waals surface area contributed by atoms with E-state index in [1.807, 2.05) is 18.2 Å². The number of furan rings is 1. The molecule has 1 aromatic heterocycles. The number of benzene rings is 2. The first-order valence-electron chi connectivity index (χ1n) is 6.93. The average molecular weight is 265 g/mol. The van der Waals surface area contributed by atoms with E-state index < -0.39 is 0 Å². The van der Waals surface area contributed by atoms with Crippen LogP contribution in [0.5, 0.6) is 0 Å². The minimum atomic E-state index is -0.0410. The minimum Gasteiger partial charge on any atom is -0.464 e.